The fourth-order valence-corrected chi connectivity index (χ4v) is 5.04. The van der Waals surface area contributed by atoms with Gasteiger partial charge in [-0.25, -0.2) is 0 Å². The van der Waals surface area contributed by atoms with Gasteiger partial charge in [-0.1, -0.05) is 18.2 Å². The van der Waals surface area contributed by atoms with Crippen LogP contribution >= 0.6 is 0 Å². The number of methoxy groups -OCH3 is 1. The minimum absolute atomic E-state index is 0.0190. The monoisotopic (exact) mass is 563 g/mol. The third-order valence-electron chi connectivity index (χ3n) is 7.12. The number of nitrogens with zero attached hydrogens (tertiary/aromatic N) is 2. The van der Waals surface area contributed by atoms with Crippen LogP contribution < -0.4 is 14.8 Å². The molecule has 0 fully saturated rings. The molecule has 1 N–H and O–H groups in total. The molecular formula is C31H28F3N3O4. The van der Waals surface area contributed by atoms with Gasteiger partial charge in [0.1, 0.15) is 5.75 Å². The zero-order valence-electron chi connectivity index (χ0n) is 22.7. The van der Waals surface area contributed by atoms with Crippen molar-refractivity contribution >= 4 is 28.4 Å². The smallest absolute Gasteiger partial charge is 0.416 e. The van der Waals surface area contributed by atoms with Crippen molar-refractivity contribution in [2.24, 2.45) is 0 Å². The van der Waals surface area contributed by atoms with Crippen LogP contribution in [0.25, 0.3) is 10.9 Å². The molecule has 0 bridgehead atoms. The largest absolute Gasteiger partial charge is 0.493 e. The number of carbonyl (C=O) groups excluding carboxylic acids is 2. The van der Waals surface area contributed by atoms with E-state index in [0.717, 1.165) is 17.7 Å². The van der Waals surface area contributed by atoms with Gasteiger partial charge in [-0.15, -0.1) is 0 Å². The average molecular weight is 564 g/mol. The number of pyridine rings is 1. The topological polar surface area (TPSA) is 80.8 Å². The molecule has 2 heterocycles. The van der Waals surface area contributed by atoms with Gasteiger partial charge >= 0.3 is 6.18 Å². The molecule has 4 aromatic rings. The lowest BCUT2D eigenvalue weighted by atomic mass is 10.1. The number of rotatable bonds is 9. The number of ether oxygens (including phenoxy) is 2. The summed E-state index contributed by atoms with van der Waals surface area (Å²) < 4.78 is 51.4. The molecule has 1 aromatic heterocycles. The molecule has 0 saturated carbocycles. The standard InChI is InChI=1S/C31H28F3N3O4/c1-18-13-15-36-27-24(35-14-7-8-19(2)37-29(38)22-11-4-5-12-23(22)30(37)39)17-25(40-3)28(26(18)27)41-21-10-6-9-20(16-21)31(32,33)34/h4-6,9-13,15-17,19,35H,7-8,14H2,1-3H3. The maximum atomic E-state index is 13.3. The van der Waals surface area contributed by atoms with E-state index in [9.17, 15) is 22.8 Å². The van der Waals surface area contributed by atoms with E-state index >= 15 is 0 Å². The maximum Gasteiger partial charge on any atom is 0.416 e. The maximum absolute atomic E-state index is 13.3. The SMILES string of the molecule is COc1cc(NCCCC(C)N2C(=O)c3ccccc3C2=O)c2nccc(C)c2c1Oc1cccc(C(F)(F)F)c1. The Hall–Kier alpha value is -4.60. The van der Waals surface area contributed by atoms with E-state index in [1.165, 1.54) is 24.1 Å². The molecule has 0 saturated heterocycles. The van der Waals surface area contributed by atoms with Gasteiger partial charge < -0.3 is 14.8 Å². The number of hydrogen-bond donors (Lipinski definition) is 1. The van der Waals surface area contributed by atoms with Crippen molar-refractivity contribution < 1.29 is 32.2 Å². The van der Waals surface area contributed by atoms with Crippen molar-refractivity contribution in [3.63, 3.8) is 0 Å². The van der Waals surface area contributed by atoms with Crippen molar-refractivity contribution in [1.29, 1.82) is 0 Å². The number of halogens is 3. The van der Waals surface area contributed by atoms with E-state index < -0.39 is 11.7 Å². The summed E-state index contributed by atoms with van der Waals surface area (Å²) in [6.45, 7) is 4.22. The second-order valence-corrected chi connectivity index (χ2v) is 9.88. The summed E-state index contributed by atoms with van der Waals surface area (Å²) in [5, 5.41) is 3.96. The van der Waals surface area contributed by atoms with Gasteiger partial charge in [0.25, 0.3) is 11.8 Å². The number of carbonyl (C=O) groups is 2. The van der Waals surface area contributed by atoms with Crippen LogP contribution in [0.2, 0.25) is 0 Å². The third-order valence-corrected chi connectivity index (χ3v) is 7.12. The Morgan fingerprint density at radius 3 is 2.37 bits per heavy atom. The first-order valence-electron chi connectivity index (χ1n) is 13.1. The van der Waals surface area contributed by atoms with E-state index in [-0.39, 0.29) is 29.4 Å². The first-order chi connectivity index (χ1) is 19.6. The molecule has 1 aliphatic rings. The van der Waals surface area contributed by atoms with Crippen LogP contribution in [0, 0.1) is 6.92 Å². The van der Waals surface area contributed by atoms with Crippen molar-refractivity contribution in [2.45, 2.75) is 38.9 Å². The fraction of sp³-hybridized carbons (Fsp3) is 0.258. The van der Waals surface area contributed by atoms with Crippen LogP contribution in [-0.4, -0.2) is 41.4 Å². The van der Waals surface area contributed by atoms with Gasteiger partial charge in [0, 0.05) is 24.8 Å². The molecule has 1 unspecified atom stereocenters. The number of imide groups is 1. The Bertz CT molecular complexity index is 1600. The summed E-state index contributed by atoms with van der Waals surface area (Å²) in [7, 11) is 1.46. The van der Waals surface area contributed by atoms with Crippen molar-refractivity contribution in [2.75, 3.05) is 19.0 Å². The van der Waals surface area contributed by atoms with Gasteiger partial charge in [-0.3, -0.25) is 19.5 Å². The molecule has 41 heavy (non-hydrogen) atoms. The van der Waals surface area contributed by atoms with Gasteiger partial charge in [0.2, 0.25) is 0 Å². The number of nitrogens with one attached hydrogen (secondary N) is 1. The lowest BCUT2D eigenvalue weighted by molar-refractivity contribution is -0.137. The molecule has 1 atom stereocenters. The fourth-order valence-electron chi connectivity index (χ4n) is 5.04. The van der Waals surface area contributed by atoms with Crippen molar-refractivity contribution in [3.05, 3.63) is 89.1 Å². The summed E-state index contributed by atoms with van der Waals surface area (Å²) in [5.74, 6) is 0.0475. The highest BCUT2D eigenvalue weighted by Gasteiger charge is 2.37. The molecule has 3 aromatic carbocycles. The number of aromatic nitrogens is 1. The molecule has 212 valence electrons. The van der Waals surface area contributed by atoms with E-state index in [1.54, 1.807) is 42.6 Å². The Balaban J connectivity index is 1.34. The van der Waals surface area contributed by atoms with E-state index in [0.29, 0.717) is 52.9 Å². The lowest BCUT2D eigenvalue weighted by Gasteiger charge is -2.23. The van der Waals surface area contributed by atoms with Crippen LogP contribution in [0.1, 0.15) is 51.6 Å². The van der Waals surface area contributed by atoms with Crippen LogP contribution in [0.4, 0.5) is 18.9 Å². The number of alkyl halides is 3. The average Bonchev–Trinajstić information content (AvgIpc) is 3.21. The predicted octanol–water partition coefficient (Wildman–Crippen LogP) is 7.24. The Morgan fingerprint density at radius 2 is 1.71 bits per heavy atom. The first-order valence-corrected chi connectivity index (χ1v) is 13.1. The summed E-state index contributed by atoms with van der Waals surface area (Å²) in [6, 6.07) is 14.7. The van der Waals surface area contributed by atoms with Crippen molar-refractivity contribution in [1.82, 2.24) is 9.88 Å². The van der Waals surface area contributed by atoms with Gasteiger partial charge in [0.15, 0.2) is 11.5 Å². The van der Waals surface area contributed by atoms with Gasteiger partial charge in [-0.05, 0) is 68.7 Å². The number of aryl methyl sites for hydroxylation is 1. The Kier molecular flexibility index (Phi) is 7.57. The number of fused-ring (bicyclic) bond motifs is 2. The quantitative estimate of drug-likeness (QED) is 0.171. The molecule has 0 aliphatic carbocycles. The molecule has 10 heteroatoms. The van der Waals surface area contributed by atoms with E-state index in [4.69, 9.17) is 9.47 Å². The summed E-state index contributed by atoms with van der Waals surface area (Å²) in [6.07, 6.45) is -1.63. The third kappa shape index (κ3) is 5.41. The zero-order chi connectivity index (χ0) is 29.3. The molecule has 7 nitrogen and oxygen atoms in total. The first kappa shape index (κ1) is 27.9. The van der Waals surface area contributed by atoms with Crippen LogP contribution in [0.5, 0.6) is 17.2 Å². The van der Waals surface area contributed by atoms with Crippen molar-refractivity contribution in [3.8, 4) is 17.2 Å². The van der Waals surface area contributed by atoms with Crippen LogP contribution in [0.15, 0.2) is 66.9 Å². The highest BCUT2D eigenvalue weighted by molar-refractivity contribution is 6.21. The highest BCUT2D eigenvalue weighted by Crippen LogP contribution is 2.44. The number of anilines is 1. The second-order valence-electron chi connectivity index (χ2n) is 9.88. The predicted molar refractivity (Wildman–Crippen MR) is 149 cm³/mol. The lowest BCUT2D eigenvalue weighted by Crippen LogP contribution is -2.38. The Labute approximate surface area is 234 Å². The molecule has 2 amide bonds. The molecule has 0 spiro atoms. The Morgan fingerprint density at radius 1 is 1.00 bits per heavy atom. The van der Waals surface area contributed by atoms with E-state index in [2.05, 4.69) is 10.3 Å². The minimum Gasteiger partial charge on any atom is -0.493 e. The second kappa shape index (κ2) is 11.1. The highest BCUT2D eigenvalue weighted by atomic mass is 19.4. The van der Waals surface area contributed by atoms with Crippen LogP contribution in [-0.2, 0) is 6.18 Å². The van der Waals surface area contributed by atoms with Crippen LogP contribution in [0.3, 0.4) is 0 Å². The molecule has 5 rings (SSSR count). The summed E-state index contributed by atoms with van der Waals surface area (Å²) in [4.78, 5) is 31.4. The van der Waals surface area contributed by atoms with Gasteiger partial charge in [-0.2, -0.15) is 13.2 Å². The number of benzene rings is 3. The van der Waals surface area contributed by atoms with Gasteiger partial charge in [0.05, 0.1) is 40.4 Å². The number of hydrogen-bond acceptors (Lipinski definition) is 6. The number of amides is 2. The zero-order valence-corrected chi connectivity index (χ0v) is 22.7. The summed E-state index contributed by atoms with van der Waals surface area (Å²) >= 11 is 0. The molecular weight excluding hydrogens is 535 g/mol. The summed E-state index contributed by atoms with van der Waals surface area (Å²) in [5.41, 5.74) is 2.07. The molecule has 0 radical (unpaired) electrons. The minimum atomic E-state index is -4.51. The van der Waals surface area contributed by atoms with E-state index in [1.807, 2.05) is 13.8 Å². The molecule has 1 aliphatic heterocycles. The normalized spacial score (nSPS) is 13.9.